The van der Waals surface area contributed by atoms with Gasteiger partial charge in [0, 0.05) is 50.0 Å². The Labute approximate surface area is 258 Å². The summed E-state index contributed by atoms with van der Waals surface area (Å²) in [6, 6.07) is 47.2. The van der Waals surface area contributed by atoms with E-state index >= 15 is 0 Å². The molecule has 9 rings (SSSR count). The van der Waals surface area contributed by atoms with E-state index in [2.05, 4.69) is 65.6 Å². The molecule has 5 nitrogen and oxygen atoms in total. The highest BCUT2D eigenvalue weighted by Gasteiger charge is 2.20. The Bertz CT molecular complexity index is 2480. The number of nitrogens with zero attached hydrogens (tertiary/aromatic N) is 4. The van der Waals surface area contributed by atoms with Gasteiger partial charge in [0.05, 0.1) is 28.1 Å². The maximum Gasteiger partial charge on any atom is 0.160 e. The van der Waals surface area contributed by atoms with E-state index in [1.54, 1.807) is 0 Å². The van der Waals surface area contributed by atoms with Crippen molar-refractivity contribution in [2.24, 2.45) is 0 Å². The number of benzene rings is 5. The van der Waals surface area contributed by atoms with Gasteiger partial charge in [0.1, 0.15) is 11.2 Å². The molecule has 45 heavy (non-hydrogen) atoms. The van der Waals surface area contributed by atoms with Crippen LogP contribution in [-0.4, -0.2) is 19.9 Å². The normalized spacial score (nSPS) is 11.6. The first kappa shape index (κ1) is 25.3. The Balaban J connectivity index is 1.32. The number of fused-ring (bicyclic) bond motifs is 6. The molecular weight excluding hydrogens is 552 g/mol. The van der Waals surface area contributed by atoms with Gasteiger partial charge in [-0.3, -0.25) is 4.98 Å². The third-order valence-corrected chi connectivity index (χ3v) is 8.33. The molecule has 0 fully saturated rings. The highest BCUT2D eigenvalue weighted by molar-refractivity contribution is 6.18. The Hall–Kier alpha value is -6.20. The molecule has 0 aliphatic carbocycles. The molecule has 5 heteroatoms. The van der Waals surface area contributed by atoms with Crippen LogP contribution in [0.3, 0.4) is 0 Å². The number of furan rings is 1. The average Bonchev–Trinajstić information content (AvgIpc) is 3.51. The molecule has 0 bridgehead atoms. The van der Waals surface area contributed by atoms with Crippen molar-refractivity contribution in [3.05, 3.63) is 146 Å². The zero-order chi connectivity index (χ0) is 29.7. The van der Waals surface area contributed by atoms with Crippen LogP contribution in [0.25, 0.3) is 88.9 Å². The second-order valence-corrected chi connectivity index (χ2v) is 11.1. The minimum Gasteiger partial charge on any atom is -0.456 e. The van der Waals surface area contributed by atoms with E-state index in [4.69, 9.17) is 19.4 Å². The summed E-state index contributed by atoms with van der Waals surface area (Å²) in [5.74, 6) is 0.674. The molecular formula is C40H24N4O. The van der Waals surface area contributed by atoms with Gasteiger partial charge in [-0.2, -0.15) is 0 Å². The van der Waals surface area contributed by atoms with E-state index in [0.717, 1.165) is 83.1 Å². The molecule has 0 saturated heterocycles. The van der Waals surface area contributed by atoms with Crippen LogP contribution >= 0.6 is 0 Å². The SMILES string of the molecule is c1ccc(-c2cc(-c3cccc4oc5cccc(-c6ccc7ccc8cccnc8c7n6)c5c34)nc(-c3ccccc3)n2)cc1. The summed E-state index contributed by atoms with van der Waals surface area (Å²) in [4.78, 5) is 20.0. The molecule has 0 spiro atoms. The molecule has 0 N–H and O–H groups in total. The van der Waals surface area contributed by atoms with Crippen LogP contribution in [0.15, 0.2) is 150 Å². The molecule has 0 amide bonds. The van der Waals surface area contributed by atoms with Crippen molar-refractivity contribution >= 4 is 43.7 Å². The lowest BCUT2D eigenvalue weighted by Crippen LogP contribution is -1.96. The van der Waals surface area contributed by atoms with Crippen LogP contribution in [0, 0.1) is 0 Å². The van der Waals surface area contributed by atoms with Crippen LogP contribution < -0.4 is 0 Å². The maximum atomic E-state index is 6.48. The first-order valence-electron chi connectivity index (χ1n) is 14.9. The molecule has 0 unspecified atom stereocenters. The zero-order valence-electron chi connectivity index (χ0n) is 24.1. The highest BCUT2D eigenvalue weighted by Crippen LogP contribution is 2.42. The molecule has 9 aromatic rings. The van der Waals surface area contributed by atoms with Crippen molar-refractivity contribution in [1.82, 2.24) is 19.9 Å². The predicted octanol–water partition coefficient (Wildman–Crippen LogP) is 10.1. The van der Waals surface area contributed by atoms with Crippen molar-refractivity contribution in [1.29, 1.82) is 0 Å². The fourth-order valence-electron chi connectivity index (χ4n) is 6.23. The van der Waals surface area contributed by atoms with Gasteiger partial charge in [-0.25, -0.2) is 15.0 Å². The van der Waals surface area contributed by atoms with Gasteiger partial charge >= 0.3 is 0 Å². The highest BCUT2D eigenvalue weighted by atomic mass is 16.3. The Morgan fingerprint density at radius 2 is 1.04 bits per heavy atom. The molecule has 0 radical (unpaired) electrons. The summed E-state index contributed by atoms with van der Waals surface area (Å²) in [6.07, 6.45) is 1.82. The number of hydrogen-bond acceptors (Lipinski definition) is 5. The van der Waals surface area contributed by atoms with Crippen LogP contribution in [-0.2, 0) is 0 Å². The minimum absolute atomic E-state index is 0.674. The topological polar surface area (TPSA) is 64.7 Å². The molecule has 0 atom stereocenters. The summed E-state index contributed by atoms with van der Waals surface area (Å²) in [5, 5.41) is 4.12. The van der Waals surface area contributed by atoms with Crippen LogP contribution in [0.5, 0.6) is 0 Å². The minimum atomic E-state index is 0.674. The third kappa shape index (κ3) is 4.25. The number of pyridine rings is 2. The lowest BCUT2D eigenvalue weighted by Gasteiger charge is -2.11. The first-order chi connectivity index (χ1) is 22.3. The molecule has 5 aromatic carbocycles. The average molecular weight is 577 g/mol. The van der Waals surface area contributed by atoms with E-state index in [1.165, 1.54) is 0 Å². The van der Waals surface area contributed by atoms with Gasteiger partial charge in [-0.15, -0.1) is 0 Å². The van der Waals surface area contributed by atoms with E-state index in [0.29, 0.717) is 5.82 Å². The van der Waals surface area contributed by atoms with Crippen molar-refractivity contribution in [2.45, 2.75) is 0 Å². The molecule has 4 aromatic heterocycles. The standard InChI is InChI=1S/C40H24N4O/c1-3-10-25(11-4-1)32-24-33(44-40(43-32)28-12-5-2-6-13-28)30-16-8-18-35-37(30)36-29(15-7-17-34(36)45-35)31-22-21-27-20-19-26-14-9-23-41-38(26)39(27)42-31/h1-24H. The van der Waals surface area contributed by atoms with E-state index in [9.17, 15) is 0 Å². The summed E-state index contributed by atoms with van der Waals surface area (Å²) >= 11 is 0. The van der Waals surface area contributed by atoms with Crippen LogP contribution in [0.2, 0.25) is 0 Å². The van der Waals surface area contributed by atoms with Crippen molar-refractivity contribution in [3.8, 4) is 45.2 Å². The second kappa shape index (κ2) is 10.2. The molecule has 4 heterocycles. The Morgan fingerprint density at radius 1 is 0.422 bits per heavy atom. The predicted molar refractivity (Wildman–Crippen MR) is 182 cm³/mol. The van der Waals surface area contributed by atoms with Gasteiger partial charge in [0.2, 0.25) is 0 Å². The van der Waals surface area contributed by atoms with Gasteiger partial charge in [0.15, 0.2) is 5.82 Å². The van der Waals surface area contributed by atoms with Crippen molar-refractivity contribution < 1.29 is 4.42 Å². The Morgan fingerprint density at radius 3 is 1.78 bits per heavy atom. The number of rotatable bonds is 4. The Kier molecular flexibility index (Phi) is 5.74. The fourth-order valence-corrected chi connectivity index (χ4v) is 6.23. The second-order valence-electron chi connectivity index (χ2n) is 11.1. The summed E-state index contributed by atoms with van der Waals surface area (Å²) in [5.41, 5.74) is 9.88. The van der Waals surface area contributed by atoms with E-state index < -0.39 is 0 Å². The lowest BCUT2D eigenvalue weighted by atomic mass is 9.97. The molecule has 210 valence electrons. The lowest BCUT2D eigenvalue weighted by molar-refractivity contribution is 0.669. The first-order valence-corrected chi connectivity index (χ1v) is 14.9. The monoisotopic (exact) mass is 576 g/mol. The van der Waals surface area contributed by atoms with Gasteiger partial charge in [0.25, 0.3) is 0 Å². The van der Waals surface area contributed by atoms with E-state index in [1.807, 2.05) is 85.1 Å². The fraction of sp³-hybridized carbons (Fsp3) is 0. The zero-order valence-corrected chi connectivity index (χ0v) is 24.1. The molecule has 0 aliphatic heterocycles. The third-order valence-electron chi connectivity index (χ3n) is 8.33. The van der Waals surface area contributed by atoms with E-state index in [-0.39, 0.29) is 0 Å². The maximum absolute atomic E-state index is 6.48. The van der Waals surface area contributed by atoms with Gasteiger partial charge in [-0.1, -0.05) is 109 Å². The van der Waals surface area contributed by atoms with Gasteiger partial charge in [-0.05, 0) is 30.3 Å². The quantitative estimate of drug-likeness (QED) is 0.195. The number of hydrogen-bond donors (Lipinski definition) is 0. The smallest absolute Gasteiger partial charge is 0.160 e. The van der Waals surface area contributed by atoms with Crippen molar-refractivity contribution in [2.75, 3.05) is 0 Å². The summed E-state index contributed by atoms with van der Waals surface area (Å²) in [7, 11) is 0. The van der Waals surface area contributed by atoms with Crippen LogP contribution in [0.1, 0.15) is 0 Å². The molecule has 0 saturated carbocycles. The van der Waals surface area contributed by atoms with Gasteiger partial charge < -0.3 is 4.42 Å². The number of aromatic nitrogens is 4. The summed E-state index contributed by atoms with van der Waals surface area (Å²) < 4.78 is 6.48. The molecule has 0 aliphatic rings. The summed E-state index contributed by atoms with van der Waals surface area (Å²) in [6.45, 7) is 0. The van der Waals surface area contributed by atoms with Crippen LogP contribution in [0.4, 0.5) is 0 Å². The largest absolute Gasteiger partial charge is 0.456 e. The van der Waals surface area contributed by atoms with Crippen molar-refractivity contribution in [3.63, 3.8) is 0 Å².